The summed E-state index contributed by atoms with van der Waals surface area (Å²) < 4.78 is 0. The lowest BCUT2D eigenvalue weighted by Crippen LogP contribution is -2.41. The summed E-state index contributed by atoms with van der Waals surface area (Å²) in [6.45, 7) is 8.41. The summed E-state index contributed by atoms with van der Waals surface area (Å²) in [5.74, 6) is 2.09. The predicted molar refractivity (Wildman–Crippen MR) is 79.9 cm³/mol. The molecule has 0 radical (unpaired) electrons. The molecule has 106 valence electrons. The van der Waals surface area contributed by atoms with Gasteiger partial charge in [-0.2, -0.15) is 0 Å². The molecule has 1 N–H and O–H groups in total. The molecule has 5 nitrogen and oxygen atoms in total. The third kappa shape index (κ3) is 3.35. The van der Waals surface area contributed by atoms with Crippen LogP contribution in [0.15, 0.2) is 12.4 Å². The molecular weight excluding hydrogens is 238 g/mol. The van der Waals surface area contributed by atoms with E-state index in [4.69, 9.17) is 0 Å². The zero-order valence-corrected chi connectivity index (χ0v) is 12.3. The summed E-state index contributed by atoms with van der Waals surface area (Å²) in [6, 6.07) is 2.77. The summed E-state index contributed by atoms with van der Waals surface area (Å²) >= 11 is 0. The molecule has 1 fully saturated rings. The van der Waals surface area contributed by atoms with Gasteiger partial charge in [0.15, 0.2) is 0 Å². The van der Waals surface area contributed by atoms with Gasteiger partial charge in [0.25, 0.3) is 0 Å². The average molecular weight is 263 g/mol. The Morgan fingerprint density at radius 3 is 2.53 bits per heavy atom. The molecule has 0 amide bonds. The summed E-state index contributed by atoms with van der Waals surface area (Å²) in [4.78, 5) is 13.4. The molecule has 1 aromatic rings. The predicted octanol–water partition coefficient (Wildman–Crippen LogP) is 1.51. The van der Waals surface area contributed by atoms with Crippen molar-refractivity contribution in [2.75, 3.05) is 43.0 Å². The first kappa shape index (κ1) is 14.1. The number of hydrogen-bond acceptors (Lipinski definition) is 5. The Hall–Kier alpha value is -1.36. The fraction of sp³-hybridized carbons (Fsp3) is 0.714. The zero-order valence-electron chi connectivity index (χ0n) is 12.3. The Labute approximate surface area is 116 Å². The number of nitrogens with zero attached hydrogens (tertiary/aromatic N) is 4. The van der Waals surface area contributed by atoms with Crippen molar-refractivity contribution < 1.29 is 0 Å². The number of aromatic nitrogens is 2. The summed E-state index contributed by atoms with van der Waals surface area (Å²) in [5.41, 5.74) is 0. The SMILES string of the molecule is CCN(CC)c1cc(N2CCC(NC)CC2)ncn1. The number of hydrogen-bond donors (Lipinski definition) is 1. The summed E-state index contributed by atoms with van der Waals surface area (Å²) in [5, 5.41) is 3.36. The molecule has 5 heteroatoms. The lowest BCUT2D eigenvalue weighted by Gasteiger charge is -2.33. The first-order chi connectivity index (χ1) is 9.28. The van der Waals surface area contributed by atoms with Gasteiger partial charge in [0, 0.05) is 38.3 Å². The van der Waals surface area contributed by atoms with Crippen LogP contribution in [0.5, 0.6) is 0 Å². The molecule has 0 saturated carbocycles. The van der Waals surface area contributed by atoms with Gasteiger partial charge in [-0.3, -0.25) is 0 Å². The highest BCUT2D eigenvalue weighted by molar-refractivity contribution is 5.50. The largest absolute Gasteiger partial charge is 0.357 e. The van der Waals surface area contributed by atoms with Gasteiger partial charge in [0.1, 0.15) is 18.0 Å². The minimum atomic E-state index is 0.653. The van der Waals surface area contributed by atoms with Crippen LogP contribution in [0.4, 0.5) is 11.6 Å². The molecule has 1 saturated heterocycles. The van der Waals surface area contributed by atoms with Crippen LogP contribution in [-0.2, 0) is 0 Å². The molecule has 1 aliphatic heterocycles. The minimum Gasteiger partial charge on any atom is -0.357 e. The van der Waals surface area contributed by atoms with E-state index in [1.807, 2.05) is 7.05 Å². The van der Waals surface area contributed by atoms with E-state index < -0.39 is 0 Å². The summed E-state index contributed by atoms with van der Waals surface area (Å²) in [6.07, 6.45) is 4.05. The molecule has 2 heterocycles. The van der Waals surface area contributed by atoms with Crippen LogP contribution in [0.25, 0.3) is 0 Å². The maximum atomic E-state index is 4.43. The van der Waals surface area contributed by atoms with E-state index in [0.717, 1.165) is 37.8 Å². The Balaban J connectivity index is 2.07. The van der Waals surface area contributed by atoms with E-state index in [2.05, 4.69) is 45.0 Å². The van der Waals surface area contributed by atoms with Gasteiger partial charge in [-0.05, 0) is 33.7 Å². The smallest absolute Gasteiger partial charge is 0.134 e. The first-order valence-electron chi connectivity index (χ1n) is 7.27. The number of rotatable bonds is 5. The first-order valence-corrected chi connectivity index (χ1v) is 7.27. The summed E-state index contributed by atoms with van der Waals surface area (Å²) in [7, 11) is 2.05. The van der Waals surface area contributed by atoms with Crippen LogP contribution in [0.3, 0.4) is 0 Å². The second-order valence-electron chi connectivity index (χ2n) is 4.96. The van der Waals surface area contributed by atoms with E-state index in [-0.39, 0.29) is 0 Å². The van der Waals surface area contributed by atoms with Crippen LogP contribution in [-0.4, -0.2) is 49.2 Å². The van der Waals surface area contributed by atoms with Crippen LogP contribution >= 0.6 is 0 Å². The molecule has 0 unspecified atom stereocenters. The topological polar surface area (TPSA) is 44.3 Å². The molecule has 2 rings (SSSR count). The van der Waals surface area contributed by atoms with Gasteiger partial charge in [0.05, 0.1) is 0 Å². The van der Waals surface area contributed by atoms with E-state index in [1.165, 1.54) is 12.8 Å². The molecular formula is C14H25N5. The second kappa shape index (κ2) is 6.70. The van der Waals surface area contributed by atoms with Crippen molar-refractivity contribution in [3.63, 3.8) is 0 Å². The fourth-order valence-electron chi connectivity index (χ4n) is 2.63. The van der Waals surface area contributed by atoms with Crippen LogP contribution in [0.1, 0.15) is 26.7 Å². The molecule has 19 heavy (non-hydrogen) atoms. The fourth-order valence-corrected chi connectivity index (χ4v) is 2.63. The van der Waals surface area contributed by atoms with E-state index in [0.29, 0.717) is 6.04 Å². The van der Waals surface area contributed by atoms with E-state index >= 15 is 0 Å². The quantitative estimate of drug-likeness (QED) is 0.872. The number of piperidine rings is 1. The van der Waals surface area contributed by atoms with Gasteiger partial charge in [-0.1, -0.05) is 0 Å². The molecule has 0 bridgehead atoms. The number of anilines is 2. The van der Waals surface area contributed by atoms with E-state index in [1.54, 1.807) is 6.33 Å². The van der Waals surface area contributed by atoms with Crippen molar-refractivity contribution in [1.82, 2.24) is 15.3 Å². The molecule has 0 spiro atoms. The second-order valence-corrected chi connectivity index (χ2v) is 4.96. The molecule has 0 atom stereocenters. The van der Waals surface area contributed by atoms with Gasteiger partial charge in [0.2, 0.25) is 0 Å². The minimum absolute atomic E-state index is 0.653. The average Bonchev–Trinajstić information content (AvgIpc) is 2.49. The third-order valence-corrected chi connectivity index (χ3v) is 3.95. The lowest BCUT2D eigenvalue weighted by molar-refractivity contribution is 0.440. The van der Waals surface area contributed by atoms with Crippen LogP contribution in [0, 0.1) is 0 Å². The zero-order chi connectivity index (χ0) is 13.7. The molecule has 1 aromatic heterocycles. The third-order valence-electron chi connectivity index (χ3n) is 3.95. The number of nitrogens with one attached hydrogen (secondary N) is 1. The van der Waals surface area contributed by atoms with Crippen LogP contribution in [0.2, 0.25) is 0 Å². The van der Waals surface area contributed by atoms with Gasteiger partial charge in [-0.15, -0.1) is 0 Å². The van der Waals surface area contributed by atoms with Gasteiger partial charge in [-0.25, -0.2) is 9.97 Å². The maximum absolute atomic E-state index is 4.43. The monoisotopic (exact) mass is 263 g/mol. The lowest BCUT2D eigenvalue weighted by atomic mass is 10.1. The maximum Gasteiger partial charge on any atom is 0.134 e. The Kier molecular flexibility index (Phi) is 4.96. The van der Waals surface area contributed by atoms with Crippen molar-refractivity contribution in [2.24, 2.45) is 0 Å². The highest BCUT2D eigenvalue weighted by atomic mass is 15.2. The Morgan fingerprint density at radius 2 is 1.95 bits per heavy atom. The Morgan fingerprint density at radius 1 is 1.26 bits per heavy atom. The molecule has 1 aliphatic rings. The normalized spacial score (nSPS) is 16.7. The Bertz CT molecular complexity index is 383. The van der Waals surface area contributed by atoms with Crippen molar-refractivity contribution in [1.29, 1.82) is 0 Å². The van der Waals surface area contributed by atoms with Crippen molar-refractivity contribution in [2.45, 2.75) is 32.7 Å². The van der Waals surface area contributed by atoms with Crippen molar-refractivity contribution >= 4 is 11.6 Å². The standard InChI is InChI=1S/C14H25N5/c1-4-18(5-2)13-10-14(17-11-16-13)19-8-6-12(15-3)7-9-19/h10-12,15H,4-9H2,1-3H3. The highest BCUT2D eigenvalue weighted by Crippen LogP contribution is 2.21. The van der Waals surface area contributed by atoms with Crippen LogP contribution < -0.4 is 15.1 Å². The van der Waals surface area contributed by atoms with E-state index in [9.17, 15) is 0 Å². The molecule has 0 aliphatic carbocycles. The van der Waals surface area contributed by atoms with Crippen molar-refractivity contribution in [3.05, 3.63) is 12.4 Å². The molecule has 0 aromatic carbocycles. The van der Waals surface area contributed by atoms with Crippen molar-refractivity contribution in [3.8, 4) is 0 Å². The van der Waals surface area contributed by atoms with Gasteiger partial charge >= 0.3 is 0 Å². The highest BCUT2D eigenvalue weighted by Gasteiger charge is 2.19. The van der Waals surface area contributed by atoms with Gasteiger partial charge < -0.3 is 15.1 Å².